The van der Waals surface area contributed by atoms with E-state index in [1.54, 1.807) is 6.07 Å². The Morgan fingerprint density at radius 2 is 1.74 bits per heavy atom. The first-order valence-corrected chi connectivity index (χ1v) is 12.7. The summed E-state index contributed by atoms with van der Waals surface area (Å²) in [6, 6.07) is 2.90. The average molecular weight is 500 g/mol. The molecule has 11 heteroatoms. The fraction of sp³-hybridized carbons (Fsp3) is 0.609. The van der Waals surface area contributed by atoms with Gasteiger partial charge in [-0.1, -0.05) is 33.8 Å². The molecule has 0 radical (unpaired) electrons. The SMILES string of the molecule is Cc1cc(C)c(C(C)(C)CC(=O)NCC(=O)NCCCS(=O)(=O)O)c(OC(=O)C(N)C(C)C)c1. The third-order valence-corrected chi connectivity index (χ3v) is 6.08. The number of ether oxygens (including phenoxy) is 1. The molecule has 192 valence electrons. The fourth-order valence-electron chi connectivity index (χ4n) is 3.60. The van der Waals surface area contributed by atoms with Crippen LogP contribution in [0.25, 0.3) is 0 Å². The van der Waals surface area contributed by atoms with Crippen molar-refractivity contribution < 1.29 is 32.1 Å². The summed E-state index contributed by atoms with van der Waals surface area (Å²) in [4.78, 5) is 37.0. The monoisotopic (exact) mass is 499 g/mol. The van der Waals surface area contributed by atoms with E-state index >= 15 is 0 Å². The van der Waals surface area contributed by atoms with Gasteiger partial charge in [-0.25, -0.2) is 4.79 Å². The van der Waals surface area contributed by atoms with Gasteiger partial charge in [0.15, 0.2) is 0 Å². The van der Waals surface area contributed by atoms with Crippen LogP contribution < -0.4 is 21.1 Å². The maximum Gasteiger partial charge on any atom is 0.328 e. The molecule has 1 atom stereocenters. The number of nitrogens with two attached hydrogens (primary N) is 1. The quantitative estimate of drug-likeness (QED) is 0.145. The highest BCUT2D eigenvalue weighted by atomic mass is 32.2. The summed E-state index contributed by atoms with van der Waals surface area (Å²) in [5, 5.41) is 5.02. The predicted octanol–water partition coefficient (Wildman–Crippen LogP) is 1.37. The molecule has 0 aromatic heterocycles. The number of carbonyl (C=O) groups excluding carboxylic acids is 3. The van der Waals surface area contributed by atoms with Gasteiger partial charge in [-0.3, -0.25) is 14.1 Å². The van der Waals surface area contributed by atoms with Gasteiger partial charge in [0, 0.05) is 23.9 Å². The Morgan fingerprint density at radius 3 is 2.29 bits per heavy atom. The maximum atomic E-state index is 12.6. The van der Waals surface area contributed by atoms with Gasteiger partial charge in [0.05, 0.1) is 12.3 Å². The molecular weight excluding hydrogens is 462 g/mol. The van der Waals surface area contributed by atoms with E-state index < -0.39 is 39.2 Å². The molecule has 0 bridgehead atoms. The largest absolute Gasteiger partial charge is 0.425 e. The van der Waals surface area contributed by atoms with E-state index in [-0.39, 0.29) is 37.8 Å². The summed E-state index contributed by atoms with van der Waals surface area (Å²) >= 11 is 0. The van der Waals surface area contributed by atoms with Crippen LogP contribution in [0.1, 0.15) is 57.2 Å². The van der Waals surface area contributed by atoms with E-state index in [2.05, 4.69) is 10.6 Å². The van der Waals surface area contributed by atoms with E-state index in [1.807, 2.05) is 47.6 Å². The highest BCUT2D eigenvalue weighted by molar-refractivity contribution is 7.85. The summed E-state index contributed by atoms with van der Waals surface area (Å²) in [7, 11) is -4.08. The number of esters is 1. The maximum absolute atomic E-state index is 12.6. The first-order chi connectivity index (χ1) is 15.5. The molecule has 1 aromatic carbocycles. The Labute approximate surface area is 201 Å². The van der Waals surface area contributed by atoms with Gasteiger partial charge in [0.1, 0.15) is 11.8 Å². The zero-order valence-electron chi connectivity index (χ0n) is 20.7. The van der Waals surface area contributed by atoms with Crippen molar-refractivity contribution in [3.05, 3.63) is 28.8 Å². The van der Waals surface area contributed by atoms with Crippen LogP contribution in [0.5, 0.6) is 5.75 Å². The molecule has 10 nitrogen and oxygen atoms in total. The number of nitrogens with one attached hydrogen (secondary N) is 2. The van der Waals surface area contributed by atoms with Gasteiger partial charge in [0.2, 0.25) is 11.8 Å². The van der Waals surface area contributed by atoms with E-state index in [0.29, 0.717) is 11.3 Å². The normalized spacial score (nSPS) is 12.9. The Balaban J connectivity index is 2.84. The van der Waals surface area contributed by atoms with Crippen LogP contribution in [0.4, 0.5) is 0 Å². The van der Waals surface area contributed by atoms with Crippen molar-refractivity contribution >= 4 is 27.9 Å². The van der Waals surface area contributed by atoms with Crippen LogP contribution in [-0.2, 0) is 29.9 Å². The molecular formula is C23H37N3O7S. The topological polar surface area (TPSA) is 165 Å². The number of hydrogen-bond acceptors (Lipinski definition) is 7. The molecule has 0 aliphatic carbocycles. The average Bonchev–Trinajstić information content (AvgIpc) is 2.67. The van der Waals surface area contributed by atoms with Crippen LogP contribution >= 0.6 is 0 Å². The molecule has 0 fully saturated rings. The second kappa shape index (κ2) is 12.3. The number of aryl methyl sites for hydroxylation is 2. The number of hydrogen-bond donors (Lipinski definition) is 4. The standard InChI is InChI=1S/C23H37N3O7S/c1-14(2)21(24)22(29)33-17-11-15(3)10-16(4)20(17)23(5,6)12-18(27)26-13-19(28)25-8-7-9-34(30,31)32/h10-11,14,21H,7-9,12-13,24H2,1-6H3,(H,25,28)(H,26,27)(H,30,31,32). The lowest BCUT2D eigenvalue weighted by Crippen LogP contribution is -2.40. The third-order valence-electron chi connectivity index (χ3n) is 5.27. The van der Waals surface area contributed by atoms with Crippen molar-refractivity contribution in [2.45, 2.75) is 65.8 Å². The smallest absolute Gasteiger partial charge is 0.328 e. The predicted molar refractivity (Wildman–Crippen MR) is 129 cm³/mol. The van der Waals surface area contributed by atoms with Crippen molar-refractivity contribution in [3.63, 3.8) is 0 Å². The third kappa shape index (κ3) is 9.78. The molecule has 0 heterocycles. The summed E-state index contributed by atoms with van der Waals surface area (Å²) in [6.07, 6.45) is 0.0773. The molecule has 34 heavy (non-hydrogen) atoms. The summed E-state index contributed by atoms with van der Waals surface area (Å²) in [5.41, 5.74) is 7.66. The molecule has 0 saturated heterocycles. The molecule has 1 rings (SSSR count). The van der Waals surface area contributed by atoms with Gasteiger partial charge in [-0.05, 0) is 43.4 Å². The number of carbonyl (C=O) groups is 3. The van der Waals surface area contributed by atoms with Gasteiger partial charge in [-0.2, -0.15) is 8.42 Å². The lowest BCUT2D eigenvalue weighted by Gasteiger charge is -2.29. The van der Waals surface area contributed by atoms with Crippen molar-refractivity contribution in [3.8, 4) is 5.75 Å². The minimum absolute atomic E-state index is 0.0215. The van der Waals surface area contributed by atoms with Crippen LogP contribution in [0, 0.1) is 19.8 Å². The minimum Gasteiger partial charge on any atom is -0.425 e. The summed E-state index contributed by atoms with van der Waals surface area (Å²) in [6.45, 7) is 10.9. The molecule has 1 aromatic rings. The lowest BCUT2D eigenvalue weighted by atomic mass is 9.78. The molecule has 5 N–H and O–H groups in total. The first-order valence-electron chi connectivity index (χ1n) is 11.1. The van der Waals surface area contributed by atoms with E-state index in [9.17, 15) is 22.8 Å². The number of rotatable bonds is 12. The summed E-state index contributed by atoms with van der Waals surface area (Å²) < 4.78 is 35.7. The Bertz CT molecular complexity index is 1000. The van der Waals surface area contributed by atoms with E-state index in [4.69, 9.17) is 15.0 Å². The Morgan fingerprint density at radius 1 is 1.12 bits per heavy atom. The minimum atomic E-state index is -4.08. The molecule has 1 unspecified atom stereocenters. The molecule has 0 aliphatic rings. The molecule has 2 amide bonds. The second-order valence-electron chi connectivity index (χ2n) is 9.47. The fourth-order valence-corrected chi connectivity index (χ4v) is 4.11. The van der Waals surface area contributed by atoms with Crippen molar-refractivity contribution in [1.82, 2.24) is 10.6 Å². The van der Waals surface area contributed by atoms with Crippen molar-refractivity contribution in [2.75, 3.05) is 18.8 Å². The van der Waals surface area contributed by atoms with Crippen LogP contribution in [0.15, 0.2) is 12.1 Å². The van der Waals surface area contributed by atoms with Crippen molar-refractivity contribution in [2.24, 2.45) is 11.7 Å². The van der Waals surface area contributed by atoms with Gasteiger partial charge in [-0.15, -0.1) is 0 Å². The van der Waals surface area contributed by atoms with Gasteiger partial charge in [0.25, 0.3) is 10.1 Å². The summed E-state index contributed by atoms with van der Waals surface area (Å²) in [5.74, 6) is -1.61. The number of benzene rings is 1. The zero-order chi connectivity index (χ0) is 26.3. The molecule has 0 saturated carbocycles. The van der Waals surface area contributed by atoms with Crippen LogP contribution in [0.3, 0.4) is 0 Å². The van der Waals surface area contributed by atoms with Crippen molar-refractivity contribution in [1.29, 1.82) is 0 Å². The van der Waals surface area contributed by atoms with Gasteiger partial charge >= 0.3 is 5.97 Å². The number of amides is 2. The van der Waals surface area contributed by atoms with E-state index in [1.165, 1.54) is 0 Å². The molecule has 0 spiro atoms. The Kier molecular flexibility index (Phi) is 10.7. The molecule has 0 aliphatic heterocycles. The zero-order valence-corrected chi connectivity index (χ0v) is 21.5. The lowest BCUT2D eigenvalue weighted by molar-refractivity contribution is -0.136. The highest BCUT2D eigenvalue weighted by Crippen LogP contribution is 2.38. The van der Waals surface area contributed by atoms with Crippen LogP contribution in [-0.4, -0.2) is 55.6 Å². The van der Waals surface area contributed by atoms with E-state index in [0.717, 1.165) is 11.1 Å². The second-order valence-corrected chi connectivity index (χ2v) is 11.0. The van der Waals surface area contributed by atoms with Gasteiger partial charge < -0.3 is 21.1 Å². The Hall–Kier alpha value is -2.50. The highest BCUT2D eigenvalue weighted by Gasteiger charge is 2.31. The van der Waals surface area contributed by atoms with Crippen LogP contribution in [0.2, 0.25) is 0 Å². The first kappa shape index (κ1) is 29.5.